The van der Waals surface area contributed by atoms with Crippen LogP contribution in [0.1, 0.15) is 51.4 Å². The minimum Gasteiger partial charge on any atom is -0.497 e. The second-order valence-electron chi connectivity index (χ2n) is 5.23. The SMILES string of the molecule is CCCCCC(C)n1c(CCl)nc2ccc(OC)cc21. The van der Waals surface area contributed by atoms with E-state index in [2.05, 4.69) is 29.5 Å². The van der Waals surface area contributed by atoms with Gasteiger partial charge in [-0.25, -0.2) is 4.98 Å². The van der Waals surface area contributed by atoms with E-state index < -0.39 is 0 Å². The van der Waals surface area contributed by atoms with Crippen molar-refractivity contribution in [2.75, 3.05) is 7.11 Å². The smallest absolute Gasteiger partial charge is 0.125 e. The summed E-state index contributed by atoms with van der Waals surface area (Å²) in [5, 5.41) is 0. The summed E-state index contributed by atoms with van der Waals surface area (Å²) in [6.07, 6.45) is 4.91. The molecule has 0 radical (unpaired) electrons. The summed E-state index contributed by atoms with van der Waals surface area (Å²) < 4.78 is 7.59. The van der Waals surface area contributed by atoms with Gasteiger partial charge in [-0.05, 0) is 25.5 Å². The Labute approximate surface area is 125 Å². The molecule has 2 rings (SSSR count). The highest BCUT2D eigenvalue weighted by Gasteiger charge is 2.15. The normalized spacial score (nSPS) is 12.8. The molecule has 0 saturated heterocycles. The van der Waals surface area contributed by atoms with Gasteiger partial charge in [0.15, 0.2) is 0 Å². The third-order valence-electron chi connectivity index (χ3n) is 3.76. The number of nitrogens with zero attached hydrogens (tertiary/aromatic N) is 2. The zero-order valence-corrected chi connectivity index (χ0v) is 13.3. The molecule has 0 aliphatic rings. The lowest BCUT2D eigenvalue weighted by atomic mass is 10.1. The van der Waals surface area contributed by atoms with Crippen LogP contribution in [-0.4, -0.2) is 16.7 Å². The molecule has 1 aromatic carbocycles. The molecule has 0 aliphatic carbocycles. The van der Waals surface area contributed by atoms with Crippen LogP contribution in [0, 0.1) is 0 Å². The van der Waals surface area contributed by atoms with Crippen LogP contribution in [0.5, 0.6) is 5.75 Å². The number of unbranched alkanes of at least 4 members (excludes halogenated alkanes) is 2. The van der Waals surface area contributed by atoms with Gasteiger partial charge >= 0.3 is 0 Å². The van der Waals surface area contributed by atoms with Crippen molar-refractivity contribution in [3.8, 4) is 5.75 Å². The van der Waals surface area contributed by atoms with Crippen LogP contribution in [-0.2, 0) is 5.88 Å². The predicted octanol–water partition coefficient (Wildman–Crippen LogP) is 4.93. The number of benzene rings is 1. The number of rotatable bonds is 7. The van der Waals surface area contributed by atoms with Gasteiger partial charge in [0.1, 0.15) is 11.6 Å². The first-order valence-corrected chi connectivity index (χ1v) is 7.85. The molecule has 1 heterocycles. The number of fused-ring (bicyclic) bond motifs is 1. The van der Waals surface area contributed by atoms with Crippen molar-refractivity contribution in [2.45, 2.75) is 51.5 Å². The van der Waals surface area contributed by atoms with E-state index in [1.807, 2.05) is 12.1 Å². The molecule has 0 fully saturated rings. The Kier molecular flexibility index (Phi) is 5.30. The molecule has 0 N–H and O–H groups in total. The zero-order valence-electron chi connectivity index (χ0n) is 12.5. The third-order valence-corrected chi connectivity index (χ3v) is 3.99. The summed E-state index contributed by atoms with van der Waals surface area (Å²) in [6.45, 7) is 4.47. The molecule has 1 aromatic heterocycles. The molecule has 0 amide bonds. The summed E-state index contributed by atoms with van der Waals surface area (Å²) in [6, 6.07) is 6.40. The molecular weight excluding hydrogens is 272 g/mol. The molecule has 1 atom stereocenters. The van der Waals surface area contributed by atoms with Crippen molar-refractivity contribution in [1.82, 2.24) is 9.55 Å². The molecule has 0 bridgehead atoms. The monoisotopic (exact) mass is 294 g/mol. The van der Waals surface area contributed by atoms with Gasteiger partial charge in [0.25, 0.3) is 0 Å². The number of alkyl halides is 1. The standard InChI is InChI=1S/C16H23ClN2O/c1-4-5-6-7-12(2)19-15-10-13(20-3)8-9-14(15)18-16(19)11-17/h8-10,12H,4-7,11H2,1-3H3. The Balaban J connectivity index is 2.37. The Morgan fingerprint density at radius 3 is 2.80 bits per heavy atom. The number of halogens is 1. The Morgan fingerprint density at radius 1 is 1.35 bits per heavy atom. The molecule has 0 aliphatic heterocycles. The van der Waals surface area contributed by atoms with Crippen molar-refractivity contribution in [2.24, 2.45) is 0 Å². The number of ether oxygens (including phenoxy) is 1. The Hall–Kier alpha value is -1.22. The van der Waals surface area contributed by atoms with Crippen LogP contribution in [0.15, 0.2) is 18.2 Å². The number of hydrogen-bond acceptors (Lipinski definition) is 2. The van der Waals surface area contributed by atoms with E-state index in [9.17, 15) is 0 Å². The van der Waals surface area contributed by atoms with E-state index in [0.717, 1.165) is 29.0 Å². The average Bonchev–Trinajstić information content (AvgIpc) is 2.84. The quantitative estimate of drug-likeness (QED) is 0.535. The zero-order chi connectivity index (χ0) is 14.5. The molecule has 3 nitrogen and oxygen atoms in total. The molecule has 4 heteroatoms. The largest absolute Gasteiger partial charge is 0.497 e. The second kappa shape index (κ2) is 6.98. The summed E-state index contributed by atoms with van der Waals surface area (Å²) in [4.78, 5) is 4.63. The first-order valence-electron chi connectivity index (χ1n) is 7.32. The first-order chi connectivity index (χ1) is 9.71. The lowest BCUT2D eigenvalue weighted by molar-refractivity contribution is 0.414. The summed E-state index contributed by atoms with van der Waals surface area (Å²) in [5.41, 5.74) is 2.10. The highest BCUT2D eigenvalue weighted by atomic mass is 35.5. The highest BCUT2D eigenvalue weighted by molar-refractivity contribution is 6.16. The lowest BCUT2D eigenvalue weighted by Crippen LogP contribution is -2.08. The maximum absolute atomic E-state index is 6.07. The van der Waals surface area contributed by atoms with Gasteiger partial charge in [0.2, 0.25) is 0 Å². The Morgan fingerprint density at radius 2 is 2.15 bits per heavy atom. The van der Waals surface area contributed by atoms with Crippen LogP contribution in [0.4, 0.5) is 0 Å². The van der Waals surface area contributed by atoms with E-state index in [1.54, 1.807) is 7.11 Å². The second-order valence-corrected chi connectivity index (χ2v) is 5.50. The van der Waals surface area contributed by atoms with E-state index in [-0.39, 0.29) is 0 Å². The van der Waals surface area contributed by atoms with Gasteiger partial charge in [-0.2, -0.15) is 0 Å². The molecule has 110 valence electrons. The average molecular weight is 295 g/mol. The van der Waals surface area contributed by atoms with E-state index >= 15 is 0 Å². The molecule has 1 unspecified atom stereocenters. The highest BCUT2D eigenvalue weighted by Crippen LogP contribution is 2.28. The van der Waals surface area contributed by atoms with Crippen molar-refractivity contribution in [3.05, 3.63) is 24.0 Å². The minimum atomic E-state index is 0.410. The molecule has 2 aromatic rings. The van der Waals surface area contributed by atoms with Gasteiger partial charge < -0.3 is 9.30 Å². The number of methoxy groups -OCH3 is 1. The fraction of sp³-hybridized carbons (Fsp3) is 0.562. The van der Waals surface area contributed by atoms with E-state index in [1.165, 1.54) is 19.3 Å². The summed E-state index contributed by atoms with van der Waals surface area (Å²) in [7, 11) is 1.69. The Bertz CT molecular complexity index is 565. The molecule has 0 spiro atoms. The van der Waals surface area contributed by atoms with Crippen LogP contribution in [0.3, 0.4) is 0 Å². The van der Waals surface area contributed by atoms with E-state index in [0.29, 0.717) is 11.9 Å². The molecule has 20 heavy (non-hydrogen) atoms. The van der Waals surface area contributed by atoms with Crippen molar-refractivity contribution in [1.29, 1.82) is 0 Å². The maximum atomic E-state index is 6.07. The van der Waals surface area contributed by atoms with Gasteiger partial charge in [-0.15, -0.1) is 11.6 Å². The van der Waals surface area contributed by atoms with Crippen LogP contribution in [0.2, 0.25) is 0 Å². The first kappa shape index (κ1) is 15.2. The minimum absolute atomic E-state index is 0.410. The van der Waals surface area contributed by atoms with Gasteiger partial charge in [-0.1, -0.05) is 26.2 Å². The fourth-order valence-electron chi connectivity index (χ4n) is 2.65. The van der Waals surface area contributed by atoms with E-state index in [4.69, 9.17) is 16.3 Å². The third kappa shape index (κ3) is 3.09. The van der Waals surface area contributed by atoms with Gasteiger partial charge in [-0.3, -0.25) is 0 Å². The van der Waals surface area contributed by atoms with Gasteiger partial charge in [0, 0.05) is 12.1 Å². The van der Waals surface area contributed by atoms with Crippen LogP contribution < -0.4 is 4.74 Å². The predicted molar refractivity (Wildman–Crippen MR) is 84.7 cm³/mol. The van der Waals surface area contributed by atoms with Gasteiger partial charge in [0.05, 0.1) is 24.0 Å². The van der Waals surface area contributed by atoms with Crippen molar-refractivity contribution in [3.63, 3.8) is 0 Å². The van der Waals surface area contributed by atoms with Crippen molar-refractivity contribution < 1.29 is 4.74 Å². The molecule has 0 saturated carbocycles. The number of imidazole rings is 1. The fourth-order valence-corrected chi connectivity index (χ4v) is 2.84. The van der Waals surface area contributed by atoms with Crippen molar-refractivity contribution >= 4 is 22.6 Å². The summed E-state index contributed by atoms with van der Waals surface area (Å²) >= 11 is 6.07. The number of hydrogen-bond donors (Lipinski definition) is 0. The van der Waals surface area contributed by atoms with Crippen LogP contribution in [0.25, 0.3) is 11.0 Å². The summed E-state index contributed by atoms with van der Waals surface area (Å²) in [5.74, 6) is 2.24. The lowest BCUT2D eigenvalue weighted by Gasteiger charge is -2.17. The maximum Gasteiger partial charge on any atom is 0.125 e. The van der Waals surface area contributed by atoms with Crippen LogP contribution >= 0.6 is 11.6 Å². The topological polar surface area (TPSA) is 27.1 Å². The number of aromatic nitrogens is 2. The molecular formula is C16H23ClN2O.